The first kappa shape index (κ1) is 15.4. The molecule has 118 valence electrons. The molecule has 0 amide bonds. The smallest absolute Gasteiger partial charge is 0.138 e. The highest BCUT2D eigenvalue weighted by molar-refractivity contribution is 5.41. The third kappa shape index (κ3) is 3.46. The molecular formula is C18H21N5. The Morgan fingerprint density at radius 1 is 1.13 bits per heavy atom. The van der Waals surface area contributed by atoms with Crippen molar-refractivity contribution >= 4 is 0 Å². The normalized spacial score (nSPS) is 12.5. The van der Waals surface area contributed by atoms with E-state index in [4.69, 9.17) is 0 Å². The third-order valence-corrected chi connectivity index (χ3v) is 4.21. The zero-order valence-electron chi connectivity index (χ0n) is 13.7. The van der Waals surface area contributed by atoms with Gasteiger partial charge < -0.3 is 0 Å². The summed E-state index contributed by atoms with van der Waals surface area (Å²) in [5.74, 6) is 0. The van der Waals surface area contributed by atoms with Gasteiger partial charge in [0.2, 0.25) is 0 Å². The Morgan fingerprint density at radius 3 is 2.57 bits per heavy atom. The Hall–Kier alpha value is -2.53. The molecular weight excluding hydrogens is 286 g/mol. The van der Waals surface area contributed by atoms with Crippen LogP contribution < -0.4 is 0 Å². The lowest BCUT2D eigenvalue weighted by atomic mass is 10.1. The van der Waals surface area contributed by atoms with E-state index < -0.39 is 0 Å². The second-order valence-electron chi connectivity index (χ2n) is 5.83. The summed E-state index contributed by atoms with van der Waals surface area (Å²) in [6.45, 7) is 5.21. The first-order chi connectivity index (χ1) is 11.1. The minimum atomic E-state index is 0.341. The Balaban J connectivity index is 1.74. The van der Waals surface area contributed by atoms with Crippen molar-refractivity contribution in [1.29, 1.82) is 0 Å². The maximum Gasteiger partial charge on any atom is 0.138 e. The topological polar surface area (TPSA) is 46.8 Å². The Morgan fingerprint density at radius 2 is 1.91 bits per heavy atom. The molecule has 1 aromatic carbocycles. The van der Waals surface area contributed by atoms with Gasteiger partial charge in [-0.2, -0.15) is 5.10 Å². The molecule has 5 nitrogen and oxygen atoms in total. The third-order valence-electron chi connectivity index (χ3n) is 4.21. The van der Waals surface area contributed by atoms with Crippen molar-refractivity contribution in [2.24, 2.45) is 0 Å². The molecule has 0 saturated carbocycles. The lowest BCUT2D eigenvalue weighted by molar-refractivity contribution is 0.253. The molecule has 0 radical (unpaired) electrons. The van der Waals surface area contributed by atoms with Gasteiger partial charge in [-0.25, -0.2) is 9.67 Å². The van der Waals surface area contributed by atoms with E-state index in [0.29, 0.717) is 6.04 Å². The van der Waals surface area contributed by atoms with Crippen LogP contribution in [0.25, 0.3) is 5.69 Å². The number of pyridine rings is 1. The Labute approximate surface area is 136 Å². The number of aromatic nitrogens is 4. The molecule has 0 aliphatic rings. The lowest BCUT2D eigenvalue weighted by Gasteiger charge is -2.25. The van der Waals surface area contributed by atoms with Gasteiger partial charge in [0, 0.05) is 25.0 Å². The van der Waals surface area contributed by atoms with Gasteiger partial charge in [0.05, 0.1) is 5.69 Å². The summed E-state index contributed by atoms with van der Waals surface area (Å²) in [6.07, 6.45) is 6.96. The number of hydrogen-bond donors (Lipinski definition) is 0. The molecule has 0 aliphatic carbocycles. The maximum absolute atomic E-state index is 4.20. The van der Waals surface area contributed by atoms with Crippen molar-refractivity contribution in [2.45, 2.75) is 26.4 Å². The van der Waals surface area contributed by atoms with E-state index in [0.717, 1.165) is 12.2 Å². The average molecular weight is 307 g/mol. The molecule has 3 aromatic rings. The van der Waals surface area contributed by atoms with Crippen LogP contribution in [0.3, 0.4) is 0 Å². The number of benzene rings is 1. The first-order valence-corrected chi connectivity index (χ1v) is 7.70. The van der Waals surface area contributed by atoms with E-state index in [1.165, 1.54) is 16.7 Å². The monoisotopic (exact) mass is 307 g/mol. The molecule has 1 atom stereocenters. The highest BCUT2D eigenvalue weighted by Gasteiger charge is 2.12. The largest absolute Gasteiger partial charge is 0.295 e. The fraction of sp³-hybridized carbons (Fsp3) is 0.278. The van der Waals surface area contributed by atoms with E-state index in [2.05, 4.69) is 71.2 Å². The van der Waals surface area contributed by atoms with E-state index in [-0.39, 0.29) is 0 Å². The molecule has 0 unspecified atom stereocenters. The highest BCUT2D eigenvalue weighted by Crippen LogP contribution is 2.21. The predicted molar refractivity (Wildman–Crippen MR) is 90.2 cm³/mol. The van der Waals surface area contributed by atoms with Crippen molar-refractivity contribution < 1.29 is 0 Å². The average Bonchev–Trinajstić information content (AvgIpc) is 3.09. The van der Waals surface area contributed by atoms with E-state index in [9.17, 15) is 0 Å². The van der Waals surface area contributed by atoms with E-state index in [1.54, 1.807) is 17.3 Å². The summed E-state index contributed by atoms with van der Waals surface area (Å²) in [7, 11) is 2.14. The van der Waals surface area contributed by atoms with Crippen molar-refractivity contribution in [3.63, 3.8) is 0 Å². The zero-order valence-corrected chi connectivity index (χ0v) is 13.7. The zero-order chi connectivity index (χ0) is 16.2. The van der Waals surface area contributed by atoms with E-state index >= 15 is 0 Å². The lowest BCUT2D eigenvalue weighted by Crippen LogP contribution is -2.22. The van der Waals surface area contributed by atoms with Gasteiger partial charge in [0.1, 0.15) is 12.7 Å². The van der Waals surface area contributed by atoms with Gasteiger partial charge >= 0.3 is 0 Å². The minimum Gasteiger partial charge on any atom is -0.295 e. The maximum atomic E-state index is 4.20. The van der Waals surface area contributed by atoms with Crippen LogP contribution in [0.2, 0.25) is 0 Å². The summed E-state index contributed by atoms with van der Waals surface area (Å²) in [5.41, 5.74) is 4.82. The molecule has 0 spiro atoms. The summed E-state index contributed by atoms with van der Waals surface area (Å²) in [5, 5.41) is 4.20. The quantitative estimate of drug-likeness (QED) is 0.726. The van der Waals surface area contributed by atoms with E-state index in [1.807, 2.05) is 12.4 Å². The number of rotatable bonds is 5. The van der Waals surface area contributed by atoms with Gasteiger partial charge in [-0.3, -0.25) is 9.88 Å². The van der Waals surface area contributed by atoms with Crippen LogP contribution in [0.15, 0.2) is 55.4 Å². The van der Waals surface area contributed by atoms with Crippen LogP contribution in [-0.2, 0) is 6.54 Å². The molecule has 0 N–H and O–H groups in total. The van der Waals surface area contributed by atoms with Gasteiger partial charge in [-0.05, 0) is 55.8 Å². The molecule has 3 rings (SSSR count). The second kappa shape index (κ2) is 6.71. The molecule has 2 heterocycles. The van der Waals surface area contributed by atoms with Crippen LogP contribution in [0.5, 0.6) is 0 Å². The van der Waals surface area contributed by atoms with Crippen LogP contribution in [0.4, 0.5) is 0 Å². The Kier molecular flexibility index (Phi) is 4.48. The van der Waals surface area contributed by atoms with Gasteiger partial charge in [0.25, 0.3) is 0 Å². The second-order valence-corrected chi connectivity index (χ2v) is 5.83. The number of nitrogens with zero attached hydrogens (tertiary/aromatic N) is 5. The van der Waals surface area contributed by atoms with Crippen LogP contribution in [-0.4, -0.2) is 31.7 Å². The summed E-state index contributed by atoms with van der Waals surface area (Å²) < 4.78 is 1.79. The fourth-order valence-electron chi connectivity index (χ4n) is 2.73. The van der Waals surface area contributed by atoms with Crippen molar-refractivity contribution in [1.82, 2.24) is 24.6 Å². The summed E-state index contributed by atoms with van der Waals surface area (Å²) >= 11 is 0. The number of hydrogen-bond acceptors (Lipinski definition) is 4. The first-order valence-electron chi connectivity index (χ1n) is 7.70. The Bertz CT molecular complexity index is 752. The SMILES string of the molecule is Cc1cc(CN(C)[C@H](C)c2ccncc2)ccc1-n1cncn1. The molecule has 0 saturated heterocycles. The molecule has 5 heteroatoms. The van der Waals surface area contributed by atoms with Gasteiger partial charge in [0.15, 0.2) is 0 Å². The van der Waals surface area contributed by atoms with Crippen molar-refractivity contribution in [2.75, 3.05) is 7.05 Å². The standard InChI is InChI=1S/C18H21N5/c1-14-10-16(4-5-18(14)23-13-20-12-21-23)11-22(3)15(2)17-6-8-19-9-7-17/h4-10,12-13,15H,11H2,1-3H3/t15-/m1/s1. The van der Waals surface area contributed by atoms with Crippen molar-refractivity contribution in [3.8, 4) is 5.69 Å². The van der Waals surface area contributed by atoms with Crippen LogP contribution in [0, 0.1) is 6.92 Å². The highest BCUT2D eigenvalue weighted by atomic mass is 15.3. The van der Waals surface area contributed by atoms with Gasteiger partial charge in [-0.1, -0.05) is 12.1 Å². The summed E-state index contributed by atoms with van der Waals surface area (Å²) in [6, 6.07) is 10.9. The van der Waals surface area contributed by atoms with Gasteiger partial charge in [-0.15, -0.1) is 0 Å². The molecule has 0 aliphatic heterocycles. The molecule has 23 heavy (non-hydrogen) atoms. The predicted octanol–water partition coefficient (Wildman–Crippen LogP) is 3.16. The number of aryl methyl sites for hydroxylation is 1. The van der Waals surface area contributed by atoms with Crippen molar-refractivity contribution in [3.05, 3.63) is 72.1 Å². The molecule has 2 aromatic heterocycles. The minimum absolute atomic E-state index is 0.341. The van der Waals surface area contributed by atoms with Crippen LogP contribution in [0.1, 0.15) is 29.7 Å². The molecule has 0 bridgehead atoms. The molecule has 0 fully saturated rings. The summed E-state index contributed by atoms with van der Waals surface area (Å²) in [4.78, 5) is 10.4. The fourth-order valence-corrected chi connectivity index (χ4v) is 2.73. The van der Waals surface area contributed by atoms with Crippen LogP contribution >= 0.6 is 0 Å².